The van der Waals surface area contributed by atoms with Crippen LogP contribution in [0.3, 0.4) is 0 Å². The molecule has 0 heterocycles. The minimum atomic E-state index is 0.181. The molecule has 3 heteroatoms. The van der Waals surface area contributed by atoms with Gasteiger partial charge in [-0.2, -0.15) is 0 Å². The fraction of sp³-hybridized carbons (Fsp3) is 0.316. The molecule has 0 atom stereocenters. The number of unbranched alkanes of at least 4 members (excludes halogenated alkanes) is 1. The van der Waals surface area contributed by atoms with Gasteiger partial charge in [-0.25, -0.2) is 0 Å². The first kappa shape index (κ1) is 16.1. The van der Waals surface area contributed by atoms with Gasteiger partial charge in [-0.15, -0.1) is 0 Å². The molecule has 116 valence electrons. The maximum absolute atomic E-state index is 5.30. The Morgan fingerprint density at radius 2 is 1.59 bits per heavy atom. The third-order valence-electron chi connectivity index (χ3n) is 3.85. The van der Waals surface area contributed by atoms with Crippen LogP contribution in [0, 0.1) is 6.92 Å². The van der Waals surface area contributed by atoms with E-state index in [9.17, 15) is 0 Å². The van der Waals surface area contributed by atoms with Gasteiger partial charge < -0.3 is 11.5 Å². The van der Waals surface area contributed by atoms with E-state index in [0.717, 1.165) is 25.7 Å². The molecule has 0 unspecified atom stereocenters. The van der Waals surface area contributed by atoms with Crippen molar-refractivity contribution in [3.05, 3.63) is 70.8 Å². The molecule has 2 aromatic rings. The molecule has 2 aromatic carbocycles. The first-order chi connectivity index (χ1) is 10.6. The normalized spacial score (nSPS) is 10.4. The number of nitrogens with zero attached hydrogens (tertiary/aromatic N) is 1. The Labute approximate surface area is 133 Å². The summed E-state index contributed by atoms with van der Waals surface area (Å²) in [5, 5.41) is 0. The summed E-state index contributed by atoms with van der Waals surface area (Å²) in [5.41, 5.74) is 16.1. The van der Waals surface area contributed by atoms with Crippen LogP contribution >= 0.6 is 0 Å². The second kappa shape index (κ2) is 8.23. The Bertz CT molecular complexity index is 611. The summed E-state index contributed by atoms with van der Waals surface area (Å²) in [5.74, 6) is 0.181. The van der Waals surface area contributed by atoms with E-state index in [2.05, 4.69) is 60.4 Å². The van der Waals surface area contributed by atoms with E-state index in [1.165, 1.54) is 22.3 Å². The summed E-state index contributed by atoms with van der Waals surface area (Å²) in [6.45, 7) is 2.88. The van der Waals surface area contributed by atoms with Crippen molar-refractivity contribution < 1.29 is 0 Å². The molecule has 0 amide bonds. The van der Waals surface area contributed by atoms with Gasteiger partial charge in [0.15, 0.2) is 5.96 Å². The quantitative estimate of drug-likeness (QED) is 0.468. The molecule has 22 heavy (non-hydrogen) atoms. The molecule has 0 aliphatic carbocycles. The topological polar surface area (TPSA) is 64.4 Å². The number of rotatable bonds is 7. The van der Waals surface area contributed by atoms with E-state index in [-0.39, 0.29) is 5.96 Å². The largest absolute Gasteiger partial charge is 0.370 e. The molecule has 0 spiro atoms. The van der Waals surface area contributed by atoms with Crippen molar-refractivity contribution >= 4 is 5.96 Å². The summed E-state index contributed by atoms with van der Waals surface area (Å²) in [7, 11) is 0. The number of aryl methyl sites for hydroxylation is 2. The smallest absolute Gasteiger partial charge is 0.185 e. The second-order valence-electron chi connectivity index (χ2n) is 5.68. The molecular formula is C19H25N3. The van der Waals surface area contributed by atoms with Crippen molar-refractivity contribution in [2.24, 2.45) is 16.5 Å². The number of guanidine groups is 1. The molecule has 0 aliphatic heterocycles. The summed E-state index contributed by atoms with van der Waals surface area (Å²) in [6, 6.07) is 17.5. The van der Waals surface area contributed by atoms with Crippen molar-refractivity contribution in [2.45, 2.75) is 32.6 Å². The van der Waals surface area contributed by atoms with E-state index in [1.54, 1.807) is 0 Å². The van der Waals surface area contributed by atoms with Crippen LogP contribution in [0.2, 0.25) is 0 Å². The van der Waals surface area contributed by atoms with Crippen LogP contribution in [-0.2, 0) is 12.8 Å². The number of benzene rings is 2. The molecule has 0 saturated carbocycles. The summed E-state index contributed by atoms with van der Waals surface area (Å²) in [6.07, 6.45) is 4.19. The lowest BCUT2D eigenvalue weighted by Gasteiger charge is -2.07. The number of hydrogen-bond acceptors (Lipinski definition) is 1. The second-order valence-corrected chi connectivity index (χ2v) is 5.68. The monoisotopic (exact) mass is 295 g/mol. The van der Waals surface area contributed by atoms with Gasteiger partial charge in [0.2, 0.25) is 0 Å². The first-order valence-corrected chi connectivity index (χ1v) is 7.83. The number of aliphatic imine (C=N–C) groups is 1. The van der Waals surface area contributed by atoms with Gasteiger partial charge in [0, 0.05) is 6.54 Å². The third-order valence-corrected chi connectivity index (χ3v) is 3.85. The summed E-state index contributed by atoms with van der Waals surface area (Å²) < 4.78 is 0. The zero-order valence-corrected chi connectivity index (χ0v) is 13.3. The Hall–Kier alpha value is -2.29. The molecule has 0 bridgehead atoms. The zero-order chi connectivity index (χ0) is 15.8. The van der Waals surface area contributed by atoms with E-state index >= 15 is 0 Å². The Morgan fingerprint density at radius 1 is 0.909 bits per heavy atom. The highest BCUT2D eigenvalue weighted by molar-refractivity contribution is 5.75. The first-order valence-electron chi connectivity index (χ1n) is 7.83. The van der Waals surface area contributed by atoms with Crippen LogP contribution in [0.1, 0.15) is 35.1 Å². The molecule has 0 fully saturated rings. The Morgan fingerprint density at radius 3 is 2.27 bits per heavy atom. The maximum atomic E-state index is 5.30. The van der Waals surface area contributed by atoms with Gasteiger partial charge in [-0.05, 0) is 54.9 Å². The predicted molar refractivity (Wildman–Crippen MR) is 94.0 cm³/mol. The average molecular weight is 295 g/mol. The lowest BCUT2D eigenvalue weighted by Crippen LogP contribution is -2.22. The predicted octanol–water partition coefficient (Wildman–Crippen LogP) is 3.18. The lowest BCUT2D eigenvalue weighted by molar-refractivity contribution is 0.744. The van der Waals surface area contributed by atoms with Gasteiger partial charge in [0.05, 0.1) is 0 Å². The lowest BCUT2D eigenvalue weighted by atomic mass is 9.99. The van der Waals surface area contributed by atoms with Crippen LogP contribution in [0.5, 0.6) is 0 Å². The van der Waals surface area contributed by atoms with E-state index in [4.69, 9.17) is 11.5 Å². The molecule has 0 saturated heterocycles. The van der Waals surface area contributed by atoms with Crippen LogP contribution in [0.4, 0.5) is 0 Å². The van der Waals surface area contributed by atoms with Gasteiger partial charge in [-0.1, -0.05) is 48.5 Å². The van der Waals surface area contributed by atoms with Crippen molar-refractivity contribution in [1.29, 1.82) is 0 Å². The third kappa shape index (κ3) is 5.24. The summed E-state index contributed by atoms with van der Waals surface area (Å²) in [4.78, 5) is 4.00. The van der Waals surface area contributed by atoms with Crippen LogP contribution in [0.15, 0.2) is 53.5 Å². The van der Waals surface area contributed by atoms with Crippen molar-refractivity contribution in [3.8, 4) is 0 Å². The van der Waals surface area contributed by atoms with Crippen molar-refractivity contribution in [1.82, 2.24) is 0 Å². The molecule has 0 aromatic heterocycles. The molecule has 4 N–H and O–H groups in total. The fourth-order valence-corrected chi connectivity index (χ4v) is 2.50. The van der Waals surface area contributed by atoms with Gasteiger partial charge in [0.25, 0.3) is 0 Å². The minimum Gasteiger partial charge on any atom is -0.370 e. The molecule has 0 radical (unpaired) electrons. The Kier molecular flexibility index (Phi) is 6.01. The number of nitrogens with two attached hydrogens (primary N) is 2. The Balaban J connectivity index is 1.83. The molecule has 0 aliphatic rings. The van der Waals surface area contributed by atoms with E-state index < -0.39 is 0 Å². The SMILES string of the molecule is Cc1ccccc1Cc1ccc(CCCCN=C(N)N)cc1. The highest BCUT2D eigenvalue weighted by Gasteiger charge is 2.00. The highest BCUT2D eigenvalue weighted by atomic mass is 15.0. The minimum absolute atomic E-state index is 0.181. The van der Waals surface area contributed by atoms with E-state index in [0.29, 0.717) is 6.54 Å². The zero-order valence-electron chi connectivity index (χ0n) is 13.3. The van der Waals surface area contributed by atoms with E-state index in [1.807, 2.05) is 0 Å². The highest BCUT2D eigenvalue weighted by Crippen LogP contribution is 2.15. The maximum Gasteiger partial charge on any atom is 0.185 e. The van der Waals surface area contributed by atoms with Crippen molar-refractivity contribution in [3.63, 3.8) is 0 Å². The number of hydrogen-bond donors (Lipinski definition) is 2. The molecule has 2 rings (SSSR count). The standard InChI is InChI=1S/C19H25N3/c1-15-6-2-3-8-18(15)14-17-11-9-16(10-12-17)7-4-5-13-22-19(20)21/h2-3,6,8-12H,4-5,7,13-14H2,1H3,(H4,20,21,22). The van der Waals surface area contributed by atoms with Crippen molar-refractivity contribution in [2.75, 3.05) is 6.54 Å². The fourth-order valence-electron chi connectivity index (χ4n) is 2.50. The van der Waals surface area contributed by atoms with Crippen LogP contribution < -0.4 is 11.5 Å². The van der Waals surface area contributed by atoms with Gasteiger partial charge in [0.1, 0.15) is 0 Å². The molecular weight excluding hydrogens is 270 g/mol. The average Bonchev–Trinajstić information content (AvgIpc) is 2.50. The molecule has 3 nitrogen and oxygen atoms in total. The van der Waals surface area contributed by atoms with Crippen LogP contribution in [0.25, 0.3) is 0 Å². The van der Waals surface area contributed by atoms with Gasteiger partial charge >= 0.3 is 0 Å². The van der Waals surface area contributed by atoms with Gasteiger partial charge in [-0.3, -0.25) is 4.99 Å². The summed E-state index contributed by atoms with van der Waals surface area (Å²) >= 11 is 0. The van der Waals surface area contributed by atoms with Crippen LogP contribution in [-0.4, -0.2) is 12.5 Å².